The van der Waals surface area contributed by atoms with Crippen molar-refractivity contribution in [3.63, 3.8) is 0 Å². The smallest absolute Gasteiger partial charge is 0.283 e. The van der Waals surface area contributed by atoms with Crippen molar-refractivity contribution in [2.45, 2.75) is 20.8 Å². The Morgan fingerprint density at radius 1 is 1.06 bits per heavy atom. The largest absolute Gasteiger partial charge is 0.318 e. The Morgan fingerprint density at radius 3 is 2.61 bits per heavy atom. The molecule has 164 valence electrons. The Hall–Kier alpha value is -3.78. The van der Waals surface area contributed by atoms with Crippen LogP contribution in [0.5, 0.6) is 0 Å². The van der Waals surface area contributed by atoms with E-state index in [0.29, 0.717) is 15.9 Å². The number of aromatic nitrogens is 1. The number of hydrogen-bond acceptors (Lipinski definition) is 4. The van der Waals surface area contributed by atoms with Gasteiger partial charge in [-0.1, -0.05) is 30.3 Å². The van der Waals surface area contributed by atoms with E-state index in [1.165, 1.54) is 28.9 Å². The van der Waals surface area contributed by atoms with Crippen LogP contribution in [-0.2, 0) is 4.79 Å². The monoisotopic (exact) mass is 457 g/mol. The van der Waals surface area contributed by atoms with Gasteiger partial charge in [0.2, 0.25) is 5.17 Å². The maximum absolute atomic E-state index is 13.8. The van der Waals surface area contributed by atoms with Gasteiger partial charge in [-0.15, -0.1) is 0 Å². The summed E-state index contributed by atoms with van der Waals surface area (Å²) in [7, 11) is 0. The Labute approximate surface area is 194 Å². The number of fused-ring (bicyclic) bond motifs is 1. The summed E-state index contributed by atoms with van der Waals surface area (Å²) in [6, 6.07) is 16.1. The molecule has 2 aromatic carbocycles. The molecule has 0 saturated heterocycles. The van der Waals surface area contributed by atoms with Crippen molar-refractivity contribution in [1.29, 1.82) is 5.41 Å². The van der Waals surface area contributed by atoms with Gasteiger partial charge in [0, 0.05) is 22.6 Å². The summed E-state index contributed by atoms with van der Waals surface area (Å²) in [6.07, 6.45) is 1.66. The molecule has 0 unspecified atom stereocenters. The summed E-state index contributed by atoms with van der Waals surface area (Å²) in [5.41, 5.74) is 5.35. The molecule has 3 heterocycles. The van der Waals surface area contributed by atoms with E-state index >= 15 is 0 Å². The summed E-state index contributed by atoms with van der Waals surface area (Å²) in [5, 5.41) is 15.7. The molecular weight excluding hydrogens is 437 g/mol. The first-order chi connectivity index (χ1) is 15.8. The summed E-state index contributed by atoms with van der Waals surface area (Å²) in [5.74, 6) is -0.813. The molecule has 2 aliphatic rings. The summed E-state index contributed by atoms with van der Waals surface area (Å²) in [6.45, 7) is 5.81. The first kappa shape index (κ1) is 21.1. The number of thioether (sulfide) groups is 1. The van der Waals surface area contributed by atoms with Crippen LogP contribution < -0.4 is 0 Å². The van der Waals surface area contributed by atoms with Gasteiger partial charge in [0.25, 0.3) is 5.91 Å². The average molecular weight is 458 g/mol. The number of nitrogens with one attached hydrogen (secondary N) is 1. The van der Waals surface area contributed by atoms with Crippen LogP contribution in [0.3, 0.4) is 0 Å². The topological polar surface area (TPSA) is 73.8 Å². The summed E-state index contributed by atoms with van der Waals surface area (Å²) in [4.78, 5) is 17.0. The second kappa shape index (κ2) is 7.97. The number of amidine groups is 2. The Morgan fingerprint density at radius 2 is 1.85 bits per heavy atom. The van der Waals surface area contributed by atoms with E-state index < -0.39 is 5.91 Å². The third kappa shape index (κ3) is 3.62. The molecule has 0 bridgehead atoms. The fraction of sp³-hybridized carbons (Fsp3) is 0.120. The van der Waals surface area contributed by atoms with E-state index in [-0.39, 0.29) is 17.2 Å². The van der Waals surface area contributed by atoms with Crippen LogP contribution in [0.4, 0.5) is 4.39 Å². The molecule has 1 N–H and O–H groups in total. The van der Waals surface area contributed by atoms with Crippen molar-refractivity contribution >= 4 is 39.8 Å². The Balaban J connectivity index is 1.53. The normalized spacial score (nSPS) is 16.8. The molecule has 6 nitrogen and oxygen atoms in total. The second-order valence-corrected chi connectivity index (χ2v) is 8.84. The van der Waals surface area contributed by atoms with Crippen LogP contribution in [0.2, 0.25) is 0 Å². The molecule has 0 saturated carbocycles. The van der Waals surface area contributed by atoms with Crippen molar-refractivity contribution in [2.24, 2.45) is 10.1 Å². The standard InChI is InChI=1S/C25H20FN5OS/c1-14-7-4-5-10-20(14)24-29-31-22(27)21(23(32)28-25(31)33-24)12-17-11-15(2)30(16(17)3)19-9-6-8-18(26)13-19/h4-13,27H,1-3H3/b21-12-,27-22?. The average Bonchev–Trinajstić information content (AvgIpc) is 3.32. The second-order valence-electron chi connectivity index (χ2n) is 7.88. The van der Waals surface area contributed by atoms with Crippen molar-refractivity contribution in [1.82, 2.24) is 9.58 Å². The van der Waals surface area contributed by atoms with Gasteiger partial charge in [0.1, 0.15) is 10.9 Å². The van der Waals surface area contributed by atoms with E-state index in [1.54, 1.807) is 12.1 Å². The highest BCUT2D eigenvalue weighted by molar-refractivity contribution is 8.27. The van der Waals surface area contributed by atoms with Crippen molar-refractivity contribution in [2.75, 3.05) is 0 Å². The quantitative estimate of drug-likeness (QED) is 0.549. The first-order valence-electron chi connectivity index (χ1n) is 10.3. The van der Waals surface area contributed by atoms with Gasteiger partial charge >= 0.3 is 0 Å². The van der Waals surface area contributed by atoms with Crippen LogP contribution in [-0.4, -0.2) is 31.5 Å². The predicted molar refractivity (Wildman–Crippen MR) is 130 cm³/mol. The van der Waals surface area contributed by atoms with Crippen LogP contribution in [0.1, 0.15) is 28.1 Å². The number of benzene rings is 2. The number of hydrazone groups is 1. The van der Waals surface area contributed by atoms with Crippen molar-refractivity contribution < 1.29 is 9.18 Å². The molecule has 33 heavy (non-hydrogen) atoms. The van der Waals surface area contributed by atoms with Crippen molar-refractivity contribution in [3.05, 3.63) is 94.1 Å². The zero-order valence-corrected chi connectivity index (χ0v) is 19.1. The van der Waals surface area contributed by atoms with Gasteiger partial charge in [-0.3, -0.25) is 10.2 Å². The molecule has 1 amide bonds. The van der Waals surface area contributed by atoms with E-state index in [2.05, 4.69) is 10.1 Å². The first-order valence-corrected chi connectivity index (χ1v) is 11.2. The van der Waals surface area contributed by atoms with Gasteiger partial charge in [-0.25, -0.2) is 4.39 Å². The summed E-state index contributed by atoms with van der Waals surface area (Å²) >= 11 is 1.28. The lowest BCUT2D eigenvalue weighted by Crippen LogP contribution is -2.35. The van der Waals surface area contributed by atoms with E-state index in [4.69, 9.17) is 5.41 Å². The molecule has 0 fully saturated rings. The van der Waals surface area contributed by atoms with Crippen LogP contribution in [0, 0.1) is 32.0 Å². The fourth-order valence-electron chi connectivity index (χ4n) is 4.02. The minimum atomic E-state index is -0.476. The lowest BCUT2D eigenvalue weighted by Gasteiger charge is -2.20. The highest BCUT2D eigenvalue weighted by atomic mass is 32.2. The molecule has 5 rings (SSSR count). The lowest BCUT2D eigenvalue weighted by atomic mass is 10.1. The zero-order chi connectivity index (χ0) is 23.3. The molecule has 0 spiro atoms. The SMILES string of the molecule is Cc1ccccc1C1=NN2C(=N)/C(=C/c3cc(C)n(-c4cccc(F)c4)c3C)C(=O)N=C2S1. The Bertz CT molecular complexity index is 1430. The molecule has 0 aliphatic carbocycles. The molecule has 1 aromatic heterocycles. The molecule has 3 aromatic rings. The number of carbonyl (C=O) groups is 1. The number of rotatable bonds is 3. The zero-order valence-electron chi connectivity index (χ0n) is 18.3. The lowest BCUT2D eigenvalue weighted by molar-refractivity contribution is -0.114. The van der Waals surface area contributed by atoms with Crippen molar-refractivity contribution in [3.8, 4) is 5.69 Å². The highest BCUT2D eigenvalue weighted by Gasteiger charge is 2.36. The van der Waals surface area contributed by atoms with Gasteiger partial charge in [0.05, 0.1) is 5.57 Å². The van der Waals surface area contributed by atoms with Gasteiger partial charge in [-0.2, -0.15) is 15.1 Å². The minimum Gasteiger partial charge on any atom is -0.318 e. The number of hydrogen-bond donors (Lipinski definition) is 1. The third-order valence-corrected chi connectivity index (χ3v) is 6.61. The maximum atomic E-state index is 13.8. The van der Waals surface area contributed by atoms with Gasteiger partial charge < -0.3 is 4.57 Å². The Kier molecular flexibility index (Phi) is 5.09. The van der Waals surface area contributed by atoms with Crippen LogP contribution >= 0.6 is 11.8 Å². The highest BCUT2D eigenvalue weighted by Crippen LogP contribution is 2.32. The number of amides is 1. The van der Waals surface area contributed by atoms with Crippen LogP contribution in [0.15, 0.2) is 70.3 Å². The van der Waals surface area contributed by atoms with E-state index in [1.807, 2.05) is 61.7 Å². The molecule has 0 atom stereocenters. The number of halogens is 1. The maximum Gasteiger partial charge on any atom is 0.283 e. The fourth-order valence-corrected chi connectivity index (χ4v) is 5.00. The number of carbonyl (C=O) groups excluding carboxylic acids is 1. The number of aliphatic imine (C=N–C) groups is 1. The predicted octanol–water partition coefficient (Wildman–Crippen LogP) is 5.21. The molecule has 0 radical (unpaired) electrons. The van der Waals surface area contributed by atoms with Gasteiger partial charge in [0.15, 0.2) is 5.84 Å². The molecular formula is C25H20FN5OS. The summed E-state index contributed by atoms with van der Waals surface area (Å²) < 4.78 is 15.7. The molecule has 2 aliphatic heterocycles. The third-order valence-electron chi connectivity index (χ3n) is 5.67. The van der Waals surface area contributed by atoms with E-state index in [0.717, 1.165) is 28.1 Å². The molecule has 8 heteroatoms. The van der Waals surface area contributed by atoms with E-state index in [9.17, 15) is 9.18 Å². The van der Waals surface area contributed by atoms with Gasteiger partial charge in [-0.05, 0) is 74.0 Å². The minimum absolute atomic E-state index is 0.0170. The number of aryl methyl sites for hydroxylation is 2. The van der Waals surface area contributed by atoms with Crippen LogP contribution in [0.25, 0.3) is 11.8 Å². The number of nitrogens with zero attached hydrogens (tertiary/aromatic N) is 4.